The Balaban J connectivity index is 2.16. The number of nitrogens with two attached hydrogens (primary N) is 1. The Morgan fingerprint density at radius 1 is 1.46 bits per heavy atom. The van der Waals surface area contributed by atoms with Gasteiger partial charge in [-0.05, 0) is 18.9 Å². The van der Waals surface area contributed by atoms with E-state index in [0.29, 0.717) is 12.6 Å². The van der Waals surface area contributed by atoms with E-state index in [1.807, 2.05) is 6.07 Å². The van der Waals surface area contributed by atoms with Gasteiger partial charge < -0.3 is 10.6 Å². The quantitative estimate of drug-likeness (QED) is 0.712. The summed E-state index contributed by atoms with van der Waals surface area (Å²) < 4.78 is 0. The molecule has 0 amide bonds. The summed E-state index contributed by atoms with van der Waals surface area (Å²) in [7, 11) is 0. The van der Waals surface area contributed by atoms with Crippen molar-refractivity contribution in [2.75, 3.05) is 18.0 Å². The van der Waals surface area contributed by atoms with Crippen molar-refractivity contribution in [3.63, 3.8) is 0 Å². The molecule has 1 aliphatic rings. The fourth-order valence-electron chi connectivity index (χ4n) is 1.78. The molecular weight excluding hydrogens is 164 g/mol. The molecule has 1 aliphatic heterocycles. The lowest BCUT2D eigenvalue weighted by molar-refractivity contribution is 0.664. The lowest BCUT2D eigenvalue weighted by Crippen LogP contribution is -2.36. The van der Waals surface area contributed by atoms with E-state index in [1.165, 1.54) is 6.42 Å². The van der Waals surface area contributed by atoms with Crippen LogP contribution >= 0.6 is 0 Å². The summed E-state index contributed by atoms with van der Waals surface area (Å²) in [5, 5.41) is 0. The van der Waals surface area contributed by atoms with Crippen LogP contribution in [0.4, 0.5) is 5.95 Å². The SMILES string of the molecule is NCC1CCCN1c1ncccn1. The summed E-state index contributed by atoms with van der Waals surface area (Å²) in [6.45, 7) is 1.73. The summed E-state index contributed by atoms with van der Waals surface area (Å²) >= 11 is 0. The van der Waals surface area contributed by atoms with E-state index in [1.54, 1.807) is 12.4 Å². The molecule has 1 aromatic rings. The Bertz CT molecular complexity index is 262. The zero-order valence-corrected chi connectivity index (χ0v) is 7.56. The maximum absolute atomic E-state index is 5.66. The first-order chi connectivity index (χ1) is 6.42. The minimum absolute atomic E-state index is 0.433. The van der Waals surface area contributed by atoms with Gasteiger partial charge in [-0.1, -0.05) is 0 Å². The molecule has 4 nitrogen and oxygen atoms in total. The van der Waals surface area contributed by atoms with E-state index in [0.717, 1.165) is 18.9 Å². The number of rotatable bonds is 2. The van der Waals surface area contributed by atoms with Gasteiger partial charge in [-0.25, -0.2) is 9.97 Å². The van der Waals surface area contributed by atoms with Crippen molar-refractivity contribution in [1.29, 1.82) is 0 Å². The minimum atomic E-state index is 0.433. The molecule has 1 unspecified atom stereocenters. The highest BCUT2D eigenvalue weighted by atomic mass is 15.3. The van der Waals surface area contributed by atoms with Crippen LogP contribution in [0.1, 0.15) is 12.8 Å². The normalized spacial score (nSPS) is 22.2. The van der Waals surface area contributed by atoms with Crippen LogP contribution in [-0.2, 0) is 0 Å². The van der Waals surface area contributed by atoms with Gasteiger partial charge in [-0.3, -0.25) is 0 Å². The highest BCUT2D eigenvalue weighted by Crippen LogP contribution is 2.20. The van der Waals surface area contributed by atoms with Crippen molar-refractivity contribution in [1.82, 2.24) is 9.97 Å². The van der Waals surface area contributed by atoms with Crippen LogP contribution < -0.4 is 10.6 Å². The molecule has 70 valence electrons. The first-order valence-electron chi connectivity index (χ1n) is 4.65. The molecule has 0 radical (unpaired) electrons. The molecule has 1 aromatic heterocycles. The van der Waals surface area contributed by atoms with E-state index in [9.17, 15) is 0 Å². The van der Waals surface area contributed by atoms with Crippen molar-refractivity contribution in [2.24, 2.45) is 5.73 Å². The molecule has 2 rings (SSSR count). The third-order valence-electron chi connectivity index (χ3n) is 2.46. The van der Waals surface area contributed by atoms with Crippen LogP contribution in [-0.4, -0.2) is 29.1 Å². The molecule has 1 saturated heterocycles. The lowest BCUT2D eigenvalue weighted by atomic mass is 10.2. The van der Waals surface area contributed by atoms with Gasteiger partial charge in [0.2, 0.25) is 5.95 Å². The molecule has 1 fully saturated rings. The maximum atomic E-state index is 5.66. The first-order valence-corrected chi connectivity index (χ1v) is 4.65. The Morgan fingerprint density at radius 2 is 2.23 bits per heavy atom. The average Bonchev–Trinajstić information content (AvgIpc) is 2.67. The third kappa shape index (κ3) is 1.62. The van der Waals surface area contributed by atoms with Gasteiger partial charge in [0.1, 0.15) is 0 Å². The average molecular weight is 178 g/mol. The first kappa shape index (κ1) is 8.44. The summed E-state index contributed by atoms with van der Waals surface area (Å²) in [4.78, 5) is 10.6. The topological polar surface area (TPSA) is 55.0 Å². The molecule has 1 atom stereocenters. The molecule has 2 heterocycles. The predicted molar refractivity (Wildman–Crippen MR) is 51.5 cm³/mol. The summed E-state index contributed by atoms with van der Waals surface area (Å²) in [6.07, 6.45) is 5.90. The molecule has 13 heavy (non-hydrogen) atoms. The molecule has 4 heteroatoms. The van der Waals surface area contributed by atoms with Gasteiger partial charge in [0.15, 0.2) is 0 Å². The van der Waals surface area contributed by atoms with Crippen molar-refractivity contribution in [3.8, 4) is 0 Å². The van der Waals surface area contributed by atoms with Gasteiger partial charge in [-0.2, -0.15) is 0 Å². The monoisotopic (exact) mass is 178 g/mol. The number of hydrogen-bond donors (Lipinski definition) is 1. The standard InChI is InChI=1S/C9H14N4/c10-7-8-3-1-6-13(8)9-11-4-2-5-12-9/h2,4-5,8H,1,3,6-7,10H2. The highest BCUT2D eigenvalue weighted by Gasteiger charge is 2.24. The minimum Gasteiger partial charge on any atom is -0.337 e. The van der Waals surface area contributed by atoms with Gasteiger partial charge >= 0.3 is 0 Å². The highest BCUT2D eigenvalue weighted by molar-refractivity contribution is 5.32. The fraction of sp³-hybridized carbons (Fsp3) is 0.556. The van der Waals surface area contributed by atoms with Gasteiger partial charge in [0.05, 0.1) is 0 Å². The second-order valence-corrected chi connectivity index (χ2v) is 3.27. The Morgan fingerprint density at radius 3 is 2.92 bits per heavy atom. The van der Waals surface area contributed by atoms with Gasteiger partial charge in [-0.15, -0.1) is 0 Å². The van der Waals surface area contributed by atoms with Crippen LogP contribution in [0.5, 0.6) is 0 Å². The van der Waals surface area contributed by atoms with Crippen molar-refractivity contribution in [3.05, 3.63) is 18.5 Å². The van der Waals surface area contributed by atoms with Crippen molar-refractivity contribution >= 4 is 5.95 Å². The zero-order valence-electron chi connectivity index (χ0n) is 7.56. The van der Waals surface area contributed by atoms with E-state index in [4.69, 9.17) is 5.73 Å². The number of nitrogens with zero attached hydrogens (tertiary/aromatic N) is 3. The van der Waals surface area contributed by atoms with Crippen LogP contribution in [0.25, 0.3) is 0 Å². The van der Waals surface area contributed by atoms with E-state index in [2.05, 4.69) is 14.9 Å². The maximum Gasteiger partial charge on any atom is 0.225 e. The second kappa shape index (κ2) is 3.70. The van der Waals surface area contributed by atoms with E-state index in [-0.39, 0.29) is 0 Å². The molecule has 0 aliphatic carbocycles. The number of anilines is 1. The van der Waals surface area contributed by atoms with Crippen molar-refractivity contribution < 1.29 is 0 Å². The predicted octanol–water partition coefficient (Wildman–Crippen LogP) is 0.404. The lowest BCUT2D eigenvalue weighted by Gasteiger charge is -2.22. The molecular formula is C9H14N4. The molecule has 0 aromatic carbocycles. The summed E-state index contributed by atoms with van der Waals surface area (Å²) in [5.41, 5.74) is 5.66. The summed E-state index contributed by atoms with van der Waals surface area (Å²) in [5.74, 6) is 0.815. The van der Waals surface area contributed by atoms with Crippen LogP contribution in [0.3, 0.4) is 0 Å². The fourth-order valence-corrected chi connectivity index (χ4v) is 1.78. The molecule has 0 spiro atoms. The molecule has 0 saturated carbocycles. The van der Waals surface area contributed by atoms with E-state index < -0.39 is 0 Å². The number of aromatic nitrogens is 2. The molecule has 2 N–H and O–H groups in total. The van der Waals surface area contributed by atoms with Gasteiger partial charge in [0.25, 0.3) is 0 Å². The Kier molecular flexibility index (Phi) is 2.40. The second-order valence-electron chi connectivity index (χ2n) is 3.27. The Labute approximate surface area is 77.8 Å². The summed E-state index contributed by atoms with van der Waals surface area (Å²) in [6, 6.07) is 2.26. The molecule has 0 bridgehead atoms. The smallest absolute Gasteiger partial charge is 0.225 e. The zero-order chi connectivity index (χ0) is 9.10. The Hall–Kier alpha value is -1.16. The van der Waals surface area contributed by atoms with Crippen LogP contribution in [0.2, 0.25) is 0 Å². The van der Waals surface area contributed by atoms with Crippen LogP contribution in [0, 0.1) is 0 Å². The van der Waals surface area contributed by atoms with Crippen molar-refractivity contribution in [2.45, 2.75) is 18.9 Å². The largest absolute Gasteiger partial charge is 0.337 e. The third-order valence-corrected chi connectivity index (χ3v) is 2.46. The van der Waals surface area contributed by atoms with Gasteiger partial charge in [0, 0.05) is 31.5 Å². The van der Waals surface area contributed by atoms with E-state index >= 15 is 0 Å². The van der Waals surface area contributed by atoms with Crippen LogP contribution in [0.15, 0.2) is 18.5 Å². The number of hydrogen-bond acceptors (Lipinski definition) is 4.